The molecule has 0 atom stereocenters. The van der Waals surface area contributed by atoms with Gasteiger partial charge in [-0.15, -0.1) is 11.3 Å². The van der Waals surface area contributed by atoms with Crippen LogP contribution in [-0.4, -0.2) is 41.1 Å². The Morgan fingerprint density at radius 2 is 1.90 bits per heavy atom. The Morgan fingerprint density at radius 3 is 2.60 bits per heavy atom. The number of anilines is 1. The zero-order chi connectivity index (χ0) is 21.4. The number of hydrogen-bond donors (Lipinski definition) is 2. The first-order valence-corrected chi connectivity index (χ1v) is 10.2. The molecule has 4 rings (SSSR count). The fourth-order valence-corrected chi connectivity index (χ4v) is 4.48. The van der Waals surface area contributed by atoms with Crippen molar-refractivity contribution < 1.29 is 14.3 Å². The molecule has 30 heavy (non-hydrogen) atoms. The lowest BCUT2D eigenvalue weighted by atomic mass is 10.1. The van der Waals surface area contributed by atoms with Crippen molar-refractivity contribution in [1.29, 1.82) is 0 Å². The number of benzene rings is 2. The molecule has 0 unspecified atom stereocenters. The largest absolute Gasteiger partial charge is 0.508 e. The van der Waals surface area contributed by atoms with E-state index in [0.29, 0.717) is 39.1 Å². The van der Waals surface area contributed by atoms with Gasteiger partial charge in [-0.2, -0.15) is 0 Å². The van der Waals surface area contributed by atoms with Gasteiger partial charge in [-0.3, -0.25) is 14.2 Å². The van der Waals surface area contributed by atoms with E-state index in [1.54, 1.807) is 41.0 Å². The summed E-state index contributed by atoms with van der Waals surface area (Å²) in [5.41, 5.74) is 1.93. The number of phenolic OH excluding ortho intramolecular Hbond substituents is 1. The lowest BCUT2D eigenvalue weighted by Crippen LogP contribution is -2.36. The normalized spacial score (nSPS) is 15.6. The second kappa shape index (κ2) is 7.89. The molecule has 0 spiro atoms. The minimum Gasteiger partial charge on any atom is -0.508 e. The average molecular weight is 425 g/mol. The van der Waals surface area contributed by atoms with E-state index in [1.165, 1.54) is 23.5 Å². The molecule has 1 aromatic heterocycles. The summed E-state index contributed by atoms with van der Waals surface area (Å²) in [4.78, 5) is 27.9. The van der Waals surface area contributed by atoms with E-state index in [1.807, 2.05) is 19.0 Å². The van der Waals surface area contributed by atoms with Crippen LogP contribution in [0, 0.1) is 5.82 Å². The summed E-state index contributed by atoms with van der Waals surface area (Å²) in [6.45, 7) is 1.03. The average Bonchev–Trinajstić information content (AvgIpc) is 3.17. The van der Waals surface area contributed by atoms with Gasteiger partial charge in [-0.1, -0.05) is 12.1 Å². The van der Waals surface area contributed by atoms with Crippen LogP contribution in [-0.2, 0) is 11.3 Å². The van der Waals surface area contributed by atoms with Crippen molar-refractivity contribution in [2.24, 2.45) is 0 Å². The molecule has 0 saturated heterocycles. The maximum atomic E-state index is 13.6. The van der Waals surface area contributed by atoms with Gasteiger partial charge in [0.15, 0.2) is 0 Å². The molecule has 6 nitrogen and oxygen atoms in total. The van der Waals surface area contributed by atoms with E-state index in [0.717, 1.165) is 5.56 Å². The van der Waals surface area contributed by atoms with Crippen LogP contribution in [0.5, 0.6) is 5.75 Å². The van der Waals surface area contributed by atoms with Gasteiger partial charge in [0.2, 0.25) is 0 Å². The molecule has 1 aliphatic rings. The summed E-state index contributed by atoms with van der Waals surface area (Å²) in [5.74, 6) is -0.649. The molecule has 0 bridgehead atoms. The van der Waals surface area contributed by atoms with Crippen LogP contribution in [0.4, 0.5) is 10.1 Å². The van der Waals surface area contributed by atoms with E-state index >= 15 is 0 Å². The minimum absolute atomic E-state index is 0.143. The highest BCUT2D eigenvalue weighted by Crippen LogP contribution is 2.30. The molecule has 3 aromatic rings. The summed E-state index contributed by atoms with van der Waals surface area (Å²) in [5, 5.41) is 12.2. The smallest absolute Gasteiger partial charge is 0.269 e. The summed E-state index contributed by atoms with van der Waals surface area (Å²) in [7, 11) is 3.82. The van der Waals surface area contributed by atoms with Crippen LogP contribution < -0.4 is 20.1 Å². The molecular weight excluding hydrogens is 405 g/mol. The highest BCUT2D eigenvalue weighted by atomic mass is 32.1. The van der Waals surface area contributed by atoms with Crippen molar-refractivity contribution in [3.8, 4) is 5.75 Å². The van der Waals surface area contributed by atoms with Crippen LogP contribution in [0.1, 0.15) is 11.1 Å². The Labute approximate surface area is 175 Å². The molecule has 2 heterocycles. The Morgan fingerprint density at radius 1 is 1.17 bits per heavy atom. The van der Waals surface area contributed by atoms with Gasteiger partial charge in [-0.25, -0.2) is 4.39 Å². The maximum Gasteiger partial charge on any atom is 0.269 e. The number of thiazole rings is 1. The van der Waals surface area contributed by atoms with E-state index in [-0.39, 0.29) is 17.2 Å². The standard InChI is InChI=1S/C22H20FN3O3S/c1-25(2)9-10-26-21(29)18(11-13-3-6-15(27)7-4-13)30-22(26)19-16-8-5-14(23)12-17(16)24-20(19)28/h3-8,11-12,27H,9-10H2,1-2H3,(H,24,28)/b18-11?,22-19-. The zero-order valence-electron chi connectivity index (χ0n) is 16.5. The number of rotatable bonds is 4. The third kappa shape index (κ3) is 3.79. The molecular formula is C22H20FN3O3S. The predicted octanol–water partition coefficient (Wildman–Crippen LogP) is 1.30. The second-order valence-electron chi connectivity index (χ2n) is 7.29. The summed E-state index contributed by atoms with van der Waals surface area (Å²) >= 11 is 1.23. The first kappa shape index (κ1) is 20.1. The van der Waals surface area contributed by atoms with Crippen molar-refractivity contribution in [3.05, 3.63) is 79.0 Å². The van der Waals surface area contributed by atoms with Crippen LogP contribution in [0.2, 0.25) is 0 Å². The molecule has 0 radical (unpaired) electrons. The van der Waals surface area contributed by atoms with Crippen molar-refractivity contribution in [3.63, 3.8) is 0 Å². The third-order valence-electron chi connectivity index (χ3n) is 4.81. The van der Waals surface area contributed by atoms with Gasteiger partial charge >= 0.3 is 0 Å². The van der Waals surface area contributed by atoms with Crippen LogP contribution in [0.3, 0.4) is 0 Å². The molecule has 0 saturated carbocycles. The van der Waals surface area contributed by atoms with Crippen LogP contribution in [0.15, 0.2) is 47.3 Å². The number of halogens is 1. The summed E-state index contributed by atoms with van der Waals surface area (Å²) < 4.78 is 16.2. The van der Waals surface area contributed by atoms with E-state index in [2.05, 4.69) is 5.32 Å². The van der Waals surface area contributed by atoms with Crippen molar-refractivity contribution in [2.45, 2.75) is 6.54 Å². The number of carbonyl (C=O) groups is 1. The molecule has 0 aliphatic carbocycles. The fraction of sp³-hybridized carbons (Fsp3) is 0.182. The Kier molecular flexibility index (Phi) is 5.27. The second-order valence-corrected chi connectivity index (χ2v) is 8.32. The van der Waals surface area contributed by atoms with Crippen molar-refractivity contribution >= 4 is 34.6 Å². The Hall–Kier alpha value is -3.23. The third-order valence-corrected chi connectivity index (χ3v) is 5.94. The van der Waals surface area contributed by atoms with E-state index in [9.17, 15) is 19.1 Å². The molecule has 0 fully saturated rings. The SMILES string of the molecule is CN(C)CCn1c(=O)c(=Cc2ccc(O)cc2)s/c1=C1\C(=O)Nc2cc(F)ccc21. The number of aromatic hydroxyl groups is 1. The molecule has 154 valence electrons. The van der Waals surface area contributed by atoms with Crippen molar-refractivity contribution in [1.82, 2.24) is 9.47 Å². The van der Waals surface area contributed by atoms with Gasteiger partial charge in [0.25, 0.3) is 11.5 Å². The van der Waals surface area contributed by atoms with Gasteiger partial charge in [0.05, 0.1) is 15.8 Å². The first-order chi connectivity index (χ1) is 14.3. The van der Waals surface area contributed by atoms with E-state index < -0.39 is 5.82 Å². The fourth-order valence-electron chi connectivity index (χ4n) is 3.29. The van der Waals surface area contributed by atoms with Gasteiger partial charge in [0.1, 0.15) is 16.2 Å². The topological polar surface area (TPSA) is 74.6 Å². The molecule has 1 aliphatic heterocycles. The number of carbonyl (C=O) groups excluding carboxylic acids is 1. The number of nitrogens with zero attached hydrogens (tertiary/aromatic N) is 2. The Balaban J connectivity index is 1.98. The van der Waals surface area contributed by atoms with Crippen molar-refractivity contribution in [2.75, 3.05) is 26.0 Å². The number of likely N-dealkylation sites (N-methyl/N-ethyl adjacent to an activating group) is 1. The van der Waals surface area contributed by atoms with Crippen LogP contribution >= 0.6 is 11.3 Å². The molecule has 8 heteroatoms. The number of aromatic nitrogens is 1. The van der Waals surface area contributed by atoms with Gasteiger partial charge < -0.3 is 15.3 Å². The molecule has 2 N–H and O–H groups in total. The lowest BCUT2D eigenvalue weighted by molar-refractivity contribution is -0.110. The molecule has 1 amide bonds. The first-order valence-electron chi connectivity index (χ1n) is 9.34. The highest BCUT2D eigenvalue weighted by Gasteiger charge is 2.27. The number of amides is 1. The number of nitrogens with one attached hydrogen (secondary N) is 1. The maximum absolute atomic E-state index is 13.6. The number of fused-ring (bicyclic) bond motifs is 1. The lowest BCUT2D eigenvalue weighted by Gasteiger charge is -2.10. The summed E-state index contributed by atoms with van der Waals surface area (Å²) in [6, 6.07) is 10.7. The zero-order valence-corrected chi connectivity index (χ0v) is 17.3. The predicted molar refractivity (Wildman–Crippen MR) is 116 cm³/mol. The monoisotopic (exact) mass is 425 g/mol. The molecule has 2 aromatic carbocycles. The van der Waals surface area contributed by atoms with E-state index in [4.69, 9.17) is 0 Å². The summed E-state index contributed by atoms with van der Waals surface area (Å²) in [6.07, 6.45) is 1.74. The highest BCUT2D eigenvalue weighted by molar-refractivity contribution is 7.07. The number of hydrogen-bond acceptors (Lipinski definition) is 5. The number of phenols is 1. The quantitative estimate of drug-likeness (QED) is 0.661. The van der Waals surface area contributed by atoms with Gasteiger partial charge in [0, 0.05) is 18.7 Å². The van der Waals surface area contributed by atoms with Gasteiger partial charge in [-0.05, 0) is 56.1 Å². The minimum atomic E-state index is -0.437. The van der Waals surface area contributed by atoms with Crippen LogP contribution in [0.25, 0.3) is 11.6 Å². The Bertz CT molecular complexity index is 1310.